The highest BCUT2D eigenvalue weighted by Gasteiger charge is 2.17. The van der Waals surface area contributed by atoms with Crippen LogP contribution in [0.4, 0.5) is 0 Å². The van der Waals surface area contributed by atoms with Crippen LogP contribution in [0, 0.1) is 0 Å². The van der Waals surface area contributed by atoms with Crippen LogP contribution in [0.1, 0.15) is 12.5 Å². The van der Waals surface area contributed by atoms with Gasteiger partial charge in [0, 0.05) is 18.5 Å². The Morgan fingerprint density at radius 3 is 2.87 bits per heavy atom. The maximum atomic E-state index is 12.9. The lowest BCUT2D eigenvalue weighted by molar-refractivity contribution is -0.118. The number of hydrogen-bond donors (Lipinski definition) is 1. The number of rotatable bonds is 7. The van der Waals surface area contributed by atoms with Crippen molar-refractivity contribution in [3.05, 3.63) is 64.4 Å². The summed E-state index contributed by atoms with van der Waals surface area (Å²) in [5.41, 5.74) is 2.10. The topological polar surface area (TPSA) is 86.4 Å². The largest absolute Gasteiger partial charge is 0.497 e. The molecule has 4 aromatic rings. The highest BCUT2D eigenvalue weighted by atomic mass is 32.2. The van der Waals surface area contributed by atoms with Crippen LogP contribution in [0.5, 0.6) is 5.75 Å². The fourth-order valence-corrected chi connectivity index (χ4v) is 4.09. The zero-order valence-electron chi connectivity index (χ0n) is 16.7. The normalized spacial score (nSPS) is 11.1. The number of furan rings is 1. The predicted molar refractivity (Wildman–Crippen MR) is 117 cm³/mol. The van der Waals surface area contributed by atoms with Gasteiger partial charge < -0.3 is 14.5 Å². The van der Waals surface area contributed by atoms with E-state index in [1.54, 1.807) is 7.11 Å². The number of para-hydroxylation sites is 1. The lowest BCUT2D eigenvalue weighted by Gasteiger charge is -2.10. The minimum Gasteiger partial charge on any atom is -0.497 e. The van der Waals surface area contributed by atoms with Gasteiger partial charge in [-0.1, -0.05) is 36.0 Å². The average Bonchev–Trinajstić information content (AvgIpc) is 3.15. The average molecular weight is 423 g/mol. The second-order valence-corrected chi connectivity index (χ2v) is 7.58. The van der Waals surface area contributed by atoms with Crippen LogP contribution in [-0.2, 0) is 17.9 Å². The van der Waals surface area contributed by atoms with Gasteiger partial charge in [-0.2, -0.15) is 0 Å². The predicted octanol–water partition coefficient (Wildman–Crippen LogP) is 3.58. The lowest BCUT2D eigenvalue weighted by Crippen LogP contribution is -2.26. The number of fused-ring (bicyclic) bond motifs is 3. The summed E-state index contributed by atoms with van der Waals surface area (Å²) in [4.78, 5) is 29.9. The third-order valence-electron chi connectivity index (χ3n) is 4.72. The first-order chi connectivity index (χ1) is 14.6. The van der Waals surface area contributed by atoms with E-state index in [0.717, 1.165) is 16.7 Å². The Hall–Kier alpha value is -3.26. The molecule has 0 saturated carbocycles. The first-order valence-corrected chi connectivity index (χ1v) is 10.5. The van der Waals surface area contributed by atoms with Crippen molar-refractivity contribution >= 4 is 39.7 Å². The second-order valence-electron chi connectivity index (χ2n) is 6.64. The van der Waals surface area contributed by atoms with E-state index in [4.69, 9.17) is 9.15 Å². The molecule has 0 aliphatic carbocycles. The fourth-order valence-electron chi connectivity index (χ4n) is 3.21. The van der Waals surface area contributed by atoms with E-state index < -0.39 is 0 Å². The fraction of sp³-hybridized carbons (Fsp3) is 0.227. The number of benzene rings is 2. The third-order valence-corrected chi connectivity index (χ3v) is 5.70. The number of carbonyl (C=O) groups is 1. The van der Waals surface area contributed by atoms with Gasteiger partial charge >= 0.3 is 0 Å². The number of nitrogens with zero attached hydrogens (tertiary/aromatic N) is 2. The van der Waals surface area contributed by atoms with Crippen molar-refractivity contribution in [2.45, 2.75) is 25.2 Å². The molecule has 0 aliphatic rings. The number of aromatic nitrogens is 2. The van der Waals surface area contributed by atoms with Crippen LogP contribution in [0.25, 0.3) is 22.1 Å². The molecule has 0 unspecified atom stereocenters. The molecule has 0 bridgehead atoms. The minimum absolute atomic E-state index is 0.142. The van der Waals surface area contributed by atoms with Gasteiger partial charge in [-0.25, -0.2) is 4.98 Å². The van der Waals surface area contributed by atoms with E-state index in [-0.39, 0.29) is 22.8 Å². The molecule has 1 amide bonds. The molecule has 7 nitrogen and oxygen atoms in total. The van der Waals surface area contributed by atoms with Crippen molar-refractivity contribution < 1.29 is 13.9 Å². The third kappa shape index (κ3) is 3.91. The Bertz CT molecular complexity index is 1280. The van der Waals surface area contributed by atoms with Crippen LogP contribution in [0.3, 0.4) is 0 Å². The molecule has 0 fully saturated rings. The van der Waals surface area contributed by atoms with Gasteiger partial charge in [0.15, 0.2) is 5.16 Å². The molecule has 0 atom stereocenters. The van der Waals surface area contributed by atoms with Gasteiger partial charge in [0.2, 0.25) is 11.5 Å². The van der Waals surface area contributed by atoms with Gasteiger partial charge in [0.1, 0.15) is 16.8 Å². The summed E-state index contributed by atoms with van der Waals surface area (Å²) in [5.74, 6) is 0.752. The van der Waals surface area contributed by atoms with E-state index in [1.165, 1.54) is 16.3 Å². The summed E-state index contributed by atoms with van der Waals surface area (Å²) in [6.07, 6.45) is 0. The molecular weight excluding hydrogens is 402 g/mol. The molecule has 1 N–H and O–H groups in total. The molecule has 2 aromatic carbocycles. The molecule has 2 aromatic heterocycles. The summed E-state index contributed by atoms with van der Waals surface area (Å²) in [5, 5.41) is 4.17. The van der Waals surface area contributed by atoms with Crippen LogP contribution in [0.2, 0.25) is 0 Å². The highest BCUT2D eigenvalue weighted by Crippen LogP contribution is 2.27. The Labute approximate surface area is 177 Å². The maximum absolute atomic E-state index is 12.9. The zero-order chi connectivity index (χ0) is 21.1. The van der Waals surface area contributed by atoms with Crippen molar-refractivity contribution in [2.24, 2.45) is 0 Å². The molecular formula is C22H21N3O4S. The van der Waals surface area contributed by atoms with Crippen molar-refractivity contribution in [2.75, 3.05) is 12.9 Å². The van der Waals surface area contributed by atoms with Crippen molar-refractivity contribution in [1.82, 2.24) is 14.9 Å². The highest BCUT2D eigenvalue weighted by molar-refractivity contribution is 7.99. The first-order valence-electron chi connectivity index (χ1n) is 9.55. The summed E-state index contributed by atoms with van der Waals surface area (Å²) in [7, 11) is 1.61. The van der Waals surface area contributed by atoms with Crippen LogP contribution in [0.15, 0.2) is 62.9 Å². The van der Waals surface area contributed by atoms with Gasteiger partial charge in [0.05, 0.1) is 12.9 Å². The monoisotopic (exact) mass is 423 g/mol. The summed E-state index contributed by atoms with van der Waals surface area (Å²) in [6, 6.07) is 14.9. The van der Waals surface area contributed by atoms with Gasteiger partial charge in [-0.05, 0) is 36.8 Å². The van der Waals surface area contributed by atoms with E-state index in [0.29, 0.717) is 29.3 Å². The number of nitrogens with one attached hydrogen (secondary N) is 1. The van der Waals surface area contributed by atoms with Crippen LogP contribution >= 0.6 is 11.8 Å². The van der Waals surface area contributed by atoms with Gasteiger partial charge in [-0.15, -0.1) is 0 Å². The van der Waals surface area contributed by atoms with E-state index >= 15 is 0 Å². The smallest absolute Gasteiger partial charge is 0.297 e. The summed E-state index contributed by atoms with van der Waals surface area (Å²) in [6.45, 7) is 2.70. The molecule has 4 rings (SSSR count). The van der Waals surface area contributed by atoms with Gasteiger partial charge in [0.25, 0.3) is 5.56 Å². The number of amides is 1. The van der Waals surface area contributed by atoms with E-state index in [1.807, 2.05) is 55.5 Å². The summed E-state index contributed by atoms with van der Waals surface area (Å²) < 4.78 is 12.4. The second kappa shape index (κ2) is 8.62. The Morgan fingerprint density at radius 2 is 2.07 bits per heavy atom. The molecule has 0 saturated heterocycles. The molecule has 154 valence electrons. The van der Waals surface area contributed by atoms with Gasteiger partial charge in [-0.3, -0.25) is 14.2 Å². The van der Waals surface area contributed by atoms with Crippen LogP contribution in [-0.4, -0.2) is 28.3 Å². The number of carbonyl (C=O) groups excluding carboxylic acids is 1. The number of thioether (sulfide) groups is 1. The zero-order valence-corrected chi connectivity index (χ0v) is 17.5. The first kappa shape index (κ1) is 20.0. The number of methoxy groups -OCH3 is 1. The molecule has 0 aliphatic heterocycles. The SMILES string of the molecule is CCn1c(SCC(=O)NCc2cccc(OC)c2)nc2c(oc3ccccc32)c1=O. The molecule has 0 spiro atoms. The van der Waals surface area contributed by atoms with Crippen molar-refractivity contribution in [1.29, 1.82) is 0 Å². The Balaban J connectivity index is 1.52. The van der Waals surface area contributed by atoms with Crippen molar-refractivity contribution in [3.8, 4) is 5.75 Å². The maximum Gasteiger partial charge on any atom is 0.297 e. The molecule has 8 heteroatoms. The van der Waals surface area contributed by atoms with Crippen LogP contribution < -0.4 is 15.6 Å². The summed E-state index contributed by atoms with van der Waals surface area (Å²) >= 11 is 1.24. The van der Waals surface area contributed by atoms with Crippen molar-refractivity contribution in [3.63, 3.8) is 0 Å². The Morgan fingerprint density at radius 1 is 1.23 bits per heavy atom. The Kier molecular flexibility index (Phi) is 5.76. The number of ether oxygens (including phenoxy) is 1. The minimum atomic E-state index is -0.238. The lowest BCUT2D eigenvalue weighted by atomic mass is 10.2. The number of hydrogen-bond acceptors (Lipinski definition) is 6. The standard InChI is InChI=1S/C22H21N3O4S/c1-3-25-21(27)20-19(16-9-4-5-10-17(16)29-20)24-22(25)30-13-18(26)23-12-14-7-6-8-15(11-14)28-2/h4-11H,3,12-13H2,1-2H3,(H,23,26). The molecule has 0 radical (unpaired) electrons. The van der Waals surface area contributed by atoms with E-state index in [2.05, 4.69) is 10.3 Å². The quantitative estimate of drug-likeness (QED) is 0.361. The van der Waals surface area contributed by atoms with E-state index in [9.17, 15) is 9.59 Å². The molecule has 30 heavy (non-hydrogen) atoms. The molecule has 2 heterocycles.